The molecule has 0 atom stereocenters. The van der Waals surface area contributed by atoms with Gasteiger partial charge in [-0.25, -0.2) is 0 Å². The summed E-state index contributed by atoms with van der Waals surface area (Å²) in [6.07, 6.45) is 0. The largest absolute Gasteiger partial charge is 0.352 e. The number of rotatable bonds is 3. The summed E-state index contributed by atoms with van der Waals surface area (Å²) in [5.74, 6) is 0.339. The molecule has 1 aliphatic rings. The molecule has 0 aromatic heterocycles. The van der Waals surface area contributed by atoms with Gasteiger partial charge in [0, 0.05) is 19.6 Å². The van der Waals surface area contributed by atoms with E-state index in [1.165, 1.54) is 0 Å². The van der Waals surface area contributed by atoms with E-state index < -0.39 is 0 Å². The van der Waals surface area contributed by atoms with Gasteiger partial charge in [0.25, 0.3) is 0 Å². The SMILES string of the molecule is O=C(NCc1ccccc1)C1CNC1. The fourth-order valence-electron chi connectivity index (χ4n) is 1.40. The van der Waals surface area contributed by atoms with Crippen LogP contribution in [0.2, 0.25) is 0 Å². The van der Waals surface area contributed by atoms with Crippen molar-refractivity contribution in [2.75, 3.05) is 13.1 Å². The van der Waals surface area contributed by atoms with E-state index in [1.54, 1.807) is 0 Å². The molecule has 1 fully saturated rings. The second-order valence-electron chi connectivity index (χ2n) is 3.56. The molecular formula is C11H14N2O. The molecule has 1 saturated heterocycles. The van der Waals surface area contributed by atoms with Gasteiger partial charge in [0.15, 0.2) is 0 Å². The van der Waals surface area contributed by atoms with Crippen LogP contribution in [0, 0.1) is 5.92 Å². The Labute approximate surface area is 83.5 Å². The van der Waals surface area contributed by atoms with Gasteiger partial charge in [-0.05, 0) is 5.56 Å². The summed E-state index contributed by atoms with van der Waals surface area (Å²) in [6.45, 7) is 2.28. The molecule has 0 aliphatic carbocycles. The fourth-order valence-corrected chi connectivity index (χ4v) is 1.40. The first-order valence-corrected chi connectivity index (χ1v) is 4.88. The molecule has 0 spiro atoms. The van der Waals surface area contributed by atoms with Crippen molar-refractivity contribution in [2.45, 2.75) is 6.54 Å². The molecule has 3 heteroatoms. The zero-order valence-electron chi connectivity index (χ0n) is 7.99. The highest BCUT2D eigenvalue weighted by atomic mass is 16.2. The van der Waals surface area contributed by atoms with E-state index >= 15 is 0 Å². The molecule has 0 saturated carbocycles. The van der Waals surface area contributed by atoms with Crippen molar-refractivity contribution in [3.8, 4) is 0 Å². The van der Waals surface area contributed by atoms with Crippen LogP contribution < -0.4 is 10.6 Å². The highest BCUT2D eigenvalue weighted by Crippen LogP contribution is 2.03. The lowest BCUT2D eigenvalue weighted by atomic mass is 10.0. The van der Waals surface area contributed by atoms with E-state index in [4.69, 9.17) is 0 Å². The highest BCUT2D eigenvalue weighted by molar-refractivity contribution is 5.79. The Morgan fingerprint density at radius 3 is 2.64 bits per heavy atom. The highest BCUT2D eigenvalue weighted by Gasteiger charge is 2.24. The first kappa shape index (κ1) is 9.21. The van der Waals surface area contributed by atoms with Crippen LogP contribution in [0.25, 0.3) is 0 Å². The normalized spacial score (nSPS) is 16.0. The quantitative estimate of drug-likeness (QED) is 0.729. The van der Waals surface area contributed by atoms with E-state index in [2.05, 4.69) is 10.6 Å². The lowest BCUT2D eigenvalue weighted by molar-refractivity contribution is -0.126. The maximum Gasteiger partial charge on any atom is 0.225 e. The number of hydrogen-bond donors (Lipinski definition) is 2. The second kappa shape index (κ2) is 4.24. The molecule has 74 valence electrons. The van der Waals surface area contributed by atoms with E-state index in [9.17, 15) is 4.79 Å². The standard InChI is InChI=1S/C11H14N2O/c14-11(10-7-12-8-10)13-6-9-4-2-1-3-5-9/h1-5,10,12H,6-8H2,(H,13,14). The predicted octanol–water partition coefficient (Wildman–Crippen LogP) is 0.522. The van der Waals surface area contributed by atoms with Crippen LogP contribution >= 0.6 is 0 Å². The van der Waals surface area contributed by atoms with E-state index in [0.29, 0.717) is 6.54 Å². The van der Waals surface area contributed by atoms with Gasteiger partial charge in [-0.3, -0.25) is 4.79 Å². The van der Waals surface area contributed by atoms with E-state index in [0.717, 1.165) is 18.7 Å². The van der Waals surface area contributed by atoms with Crippen LogP contribution in [-0.2, 0) is 11.3 Å². The molecule has 2 rings (SSSR count). The number of carbonyl (C=O) groups excluding carboxylic acids is 1. The second-order valence-corrected chi connectivity index (χ2v) is 3.56. The molecule has 1 heterocycles. The average Bonchev–Trinajstić information content (AvgIpc) is 2.14. The lowest BCUT2D eigenvalue weighted by Gasteiger charge is -2.25. The smallest absolute Gasteiger partial charge is 0.225 e. The minimum absolute atomic E-state index is 0.160. The summed E-state index contributed by atoms with van der Waals surface area (Å²) < 4.78 is 0. The third kappa shape index (κ3) is 2.12. The molecule has 0 bridgehead atoms. The lowest BCUT2D eigenvalue weighted by Crippen LogP contribution is -2.50. The van der Waals surface area contributed by atoms with Crippen LogP contribution in [0.4, 0.5) is 0 Å². The Kier molecular flexibility index (Phi) is 2.79. The minimum Gasteiger partial charge on any atom is -0.352 e. The third-order valence-electron chi connectivity index (χ3n) is 2.46. The molecule has 1 aromatic carbocycles. The monoisotopic (exact) mass is 190 g/mol. The van der Waals surface area contributed by atoms with E-state index in [1.807, 2.05) is 30.3 Å². The Bertz CT molecular complexity index is 306. The first-order valence-electron chi connectivity index (χ1n) is 4.88. The number of amides is 1. The third-order valence-corrected chi connectivity index (χ3v) is 2.46. The number of carbonyl (C=O) groups is 1. The Morgan fingerprint density at radius 2 is 2.07 bits per heavy atom. The van der Waals surface area contributed by atoms with Gasteiger partial charge in [-0.1, -0.05) is 30.3 Å². The van der Waals surface area contributed by atoms with Gasteiger partial charge in [0.2, 0.25) is 5.91 Å². The molecule has 1 aromatic rings. The van der Waals surface area contributed by atoms with Crippen molar-refractivity contribution in [1.82, 2.24) is 10.6 Å². The van der Waals surface area contributed by atoms with Crippen molar-refractivity contribution >= 4 is 5.91 Å². The van der Waals surface area contributed by atoms with Gasteiger partial charge in [0.05, 0.1) is 5.92 Å². The topological polar surface area (TPSA) is 41.1 Å². The maximum atomic E-state index is 11.4. The number of nitrogens with one attached hydrogen (secondary N) is 2. The molecule has 14 heavy (non-hydrogen) atoms. The van der Waals surface area contributed by atoms with Crippen molar-refractivity contribution in [3.05, 3.63) is 35.9 Å². The zero-order chi connectivity index (χ0) is 9.80. The number of hydrogen-bond acceptors (Lipinski definition) is 2. The Balaban J connectivity index is 1.79. The summed E-state index contributed by atoms with van der Waals surface area (Å²) in [7, 11) is 0. The molecule has 1 aliphatic heterocycles. The van der Waals surface area contributed by atoms with Gasteiger partial charge in [-0.15, -0.1) is 0 Å². The van der Waals surface area contributed by atoms with Gasteiger partial charge >= 0.3 is 0 Å². The van der Waals surface area contributed by atoms with Crippen molar-refractivity contribution in [2.24, 2.45) is 5.92 Å². The summed E-state index contributed by atoms with van der Waals surface area (Å²) in [5.41, 5.74) is 1.15. The number of benzene rings is 1. The average molecular weight is 190 g/mol. The molecule has 1 amide bonds. The van der Waals surface area contributed by atoms with Crippen LogP contribution in [-0.4, -0.2) is 19.0 Å². The van der Waals surface area contributed by atoms with Crippen LogP contribution in [0.15, 0.2) is 30.3 Å². The molecular weight excluding hydrogens is 176 g/mol. The molecule has 3 nitrogen and oxygen atoms in total. The van der Waals surface area contributed by atoms with Crippen LogP contribution in [0.5, 0.6) is 0 Å². The summed E-state index contributed by atoms with van der Waals surface area (Å²) in [4.78, 5) is 11.4. The van der Waals surface area contributed by atoms with Crippen molar-refractivity contribution < 1.29 is 4.79 Å². The first-order chi connectivity index (χ1) is 6.86. The molecule has 0 unspecified atom stereocenters. The molecule has 0 radical (unpaired) electrons. The maximum absolute atomic E-state index is 11.4. The Morgan fingerprint density at radius 1 is 1.36 bits per heavy atom. The molecule has 2 N–H and O–H groups in total. The summed E-state index contributed by atoms with van der Waals surface area (Å²) in [6, 6.07) is 9.96. The zero-order valence-corrected chi connectivity index (χ0v) is 7.99. The fraction of sp³-hybridized carbons (Fsp3) is 0.364. The summed E-state index contributed by atoms with van der Waals surface area (Å²) >= 11 is 0. The predicted molar refractivity (Wildman–Crippen MR) is 54.6 cm³/mol. The van der Waals surface area contributed by atoms with Crippen molar-refractivity contribution in [3.63, 3.8) is 0 Å². The van der Waals surface area contributed by atoms with Gasteiger partial charge in [-0.2, -0.15) is 0 Å². The Hall–Kier alpha value is -1.35. The minimum atomic E-state index is 0.160. The van der Waals surface area contributed by atoms with Crippen molar-refractivity contribution in [1.29, 1.82) is 0 Å². The van der Waals surface area contributed by atoms with Crippen LogP contribution in [0.3, 0.4) is 0 Å². The van der Waals surface area contributed by atoms with Gasteiger partial charge in [0.1, 0.15) is 0 Å². The van der Waals surface area contributed by atoms with Gasteiger partial charge < -0.3 is 10.6 Å². The van der Waals surface area contributed by atoms with E-state index in [-0.39, 0.29) is 11.8 Å². The summed E-state index contributed by atoms with van der Waals surface area (Å²) in [5, 5.41) is 6.00. The van der Waals surface area contributed by atoms with Crippen LogP contribution in [0.1, 0.15) is 5.56 Å².